The third-order valence-corrected chi connectivity index (χ3v) is 6.07. The maximum atomic E-state index is 14.0. The van der Waals surface area contributed by atoms with Gasteiger partial charge in [0.05, 0.1) is 5.69 Å². The predicted molar refractivity (Wildman–Crippen MR) is 118 cm³/mol. The van der Waals surface area contributed by atoms with Crippen LogP contribution in [0.5, 0.6) is 0 Å². The summed E-state index contributed by atoms with van der Waals surface area (Å²) in [6.45, 7) is 8.08. The molecule has 30 heavy (non-hydrogen) atoms. The third-order valence-electron chi connectivity index (χ3n) is 6.07. The molecular formula is C24H31FN4O. The largest absolute Gasteiger partial charge is 0.367 e. The average Bonchev–Trinajstić information content (AvgIpc) is 3.28. The van der Waals surface area contributed by atoms with Crippen LogP contribution in [0, 0.1) is 5.82 Å². The number of hydrogen-bond acceptors (Lipinski definition) is 4. The Morgan fingerprint density at radius 2 is 1.67 bits per heavy atom. The molecule has 0 atom stereocenters. The van der Waals surface area contributed by atoms with Crippen molar-refractivity contribution >= 4 is 11.6 Å². The SMILES string of the molecule is O=C(NCCN1CCCC1)c1cccc(CN2CCN(c3ccccc3F)CC2)c1. The van der Waals surface area contributed by atoms with Gasteiger partial charge in [-0.05, 0) is 55.8 Å². The zero-order valence-electron chi connectivity index (χ0n) is 17.5. The van der Waals surface area contributed by atoms with Crippen molar-refractivity contribution < 1.29 is 9.18 Å². The first kappa shape index (κ1) is 20.8. The van der Waals surface area contributed by atoms with Crippen molar-refractivity contribution in [1.82, 2.24) is 15.1 Å². The van der Waals surface area contributed by atoms with Crippen molar-refractivity contribution in [3.8, 4) is 0 Å². The molecule has 0 spiro atoms. The minimum absolute atomic E-state index is 0.000388. The molecule has 0 aromatic heterocycles. The summed E-state index contributed by atoms with van der Waals surface area (Å²) < 4.78 is 14.0. The zero-order valence-corrected chi connectivity index (χ0v) is 17.5. The maximum absolute atomic E-state index is 14.0. The van der Waals surface area contributed by atoms with Gasteiger partial charge in [-0.1, -0.05) is 24.3 Å². The van der Waals surface area contributed by atoms with Gasteiger partial charge in [-0.3, -0.25) is 9.69 Å². The van der Waals surface area contributed by atoms with E-state index in [1.165, 1.54) is 18.9 Å². The Bertz CT molecular complexity index is 845. The van der Waals surface area contributed by atoms with Crippen molar-refractivity contribution in [2.24, 2.45) is 0 Å². The summed E-state index contributed by atoms with van der Waals surface area (Å²) in [5.41, 5.74) is 2.55. The molecule has 2 aliphatic heterocycles. The number of nitrogens with zero attached hydrogens (tertiary/aromatic N) is 3. The van der Waals surface area contributed by atoms with Crippen molar-refractivity contribution in [3.63, 3.8) is 0 Å². The first-order chi connectivity index (χ1) is 14.7. The summed E-state index contributed by atoms with van der Waals surface area (Å²) >= 11 is 0. The van der Waals surface area contributed by atoms with E-state index in [4.69, 9.17) is 0 Å². The molecule has 2 aromatic rings. The van der Waals surface area contributed by atoms with E-state index in [1.807, 2.05) is 30.3 Å². The Morgan fingerprint density at radius 1 is 0.900 bits per heavy atom. The van der Waals surface area contributed by atoms with Gasteiger partial charge in [0, 0.05) is 51.4 Å². The van der Waals surface area contributed by atoms with E-state index in [0.29, 0.717) is 12.2 Å². The number of rotatable bonds is 7. The Balaban J connectivity index is 1.26. The summed E-state index contributed by atoms with van der Waals surface area (Å²) in [6, 6.07) is 14.9. The van der Waals surface area contributed by atoms with Crippen molar-refractivity contribution in [2.45, 2.75) is 19.4 Å². The molecule has 0 saturated carbocycles. The molecule has 2 heterocycles. The highest BCUT2D eigenvalue weighted by Gasteiger charge is 2.19. The van der Waals surface area contributed by atoms with E-state index >= 15 is 0 Å². The molecule has 0 aliphatic carbocycles. The van der Waals surface area contributed by atoms with Gasteiger partial charge < -0.3 is 15.1 Å². The van der Waals surface area contributed by atoms with Crippen molar-refractivity contribution in [3.05, 3.63) is 65.5 Å². The van der Waals surface area contributed by atoms with Crippen LogP contribution < -0.4 is 10.2 Å². The minimum atomic E-state index is -0.158. The number of benzene rings is 2. The Labute approximate surface area is 178 Å². The molecule has 2 fully saturated rings. The number of anilines is 1. The van der Waals surface area contributed by atoms with E-state index in [1.54, 1.807) is 6.07 Å². The highest BCUT2D eigenvalue weighted by atomic mass is 19.1. The molecular weight excluding hydrogens is 379 g/mol. The van der Waals surface area contributed by atoms with E-state index < -0.39 is 0 Å². The number of carbonyl (C=O) groups is 1. The van der Waals surface area contributed by atoms with Gasteiger partial charge in [0.25, 0.3) is 5.91 Å². The monoisotopic (exact) mass is 410 g/mol. The molecule has 160 valence electrons. The van der Waals surface area contributed by atoms with E-state index in [0.717, 1.165) is 63.5 Å². The van der Waals surface area contributed by atoms with E-state index in [2.05, 4.69) is 26.1 Å². The Hall–Kier alpha value is -2.44. The fraction of sp³-hybridized carbons (Fsp3) is 0.458. The molecule has 2 aliphatic rings. The minimum Gasteiger partial charge on any atom is -0.367 e. The summed E-state index contributed by atoms with van der Waals surface area (Å²) in [6.07, 6.45) is 2.54. The summed E-state index contributed by atoms with van der Waals surface area (Å²) in [5.74, 6) is -0.158. The predicted octanol–water partition coefficient (Wildman–Crippen LogP) is 2.97. The molecule has 4 rings (SSSR count). The number of hydrogen-bond donors (Lipinski definition) is 1. The number of para-hydroxylation sites is 1. The molecule has 2 saturated heterocycles. The van der Waals surface area contributed by atoms with Crippen molar-refractivity contribution in [1.29, 1.82) is 0 Å². The van der Waals surface area contributed by atoms with Crippen LogP contribution in [0.3, 0.4) is 0 Å². The highest BCUT2D eigenvalue weighted by molar-refractivity contribution is 5.94. The summed E-state index contributed by atoms with van der Waals surface area (Å²) in [5, 5.41) is 3.05. The van der Waals surface area contributed by atoms with Crippen LogP contribution in [0.25, 0.3) is 0 Å². The van der Waals surface area contributed by atoms with Gasteiger partial charge in [0.15, 0.2) is 0 Å². The second-order valence-electron chi connectivity index (χ2n) is 8.22. The van der Waals surface area contributed by atoms with Gasteiger partial charge in [0.2, 0.25) is 0 Å². The number of nitrogens with one attached hydrogen (secondary N) is 1. The highest BCUT2D eigenvalue weighted by Crippen LogP contribution is 2.21. The quantitative estimate of drug-likeness (QED) is 0.762. The van der Waals surface area contributed by atoms with Crippen molar-refractivity contribution in [2.75, 3.05) is 57.3 Å². The average molecular weight is 411 g/mol. The van der Waals surface area contributed by atoms with Gasteiger partial charge >= 0.3 is 0 Å². The standard InChI is InChI=1S/C24H31FN4O/c25-22-8-1-2-9-23(22)29-16-14-28(15-17-29)19-20-6-5-7-21(18-20)24(30)26-10-13-27-11-3-4-12-27/h1-2,5-9,18H,3-4,10-17,19H2,(H,26,30). The number of amides is 1. The molecule has 2 aromatic carbocycles. The molecule has 6 heteroatoms. The smallest absolute Gasteiger partial charge is 0.251 e. The zero-order chi connectivity index (χ0) is 20.8. The lowest BCUT2D eigenvalue weighted by Crippen LogP contribution is -2.46. The molecule has 0 unspecified atom stereocenters. The lowest BCUT2D eigenvalue weighted by atomic mass is 10.1. The Kier molecular flexibility index (Phi) is 6.97. The maximum Gasteiger partial charge on any atom is 0.251 e. The van der Waals surface area contributed by atoms with Crippen LogP contribution in [-0.2, 0) is 6.54 Å². The van der Waals surface area contributed by atoms with Gasteiger partial charge in [-0.15, -0.1) is 0 Å². The second kappa shape index (κ2) is 10.0. The number of likely N-dealkylation sites (tertiary alicyclic amines) is 1. The molecule has 1 amide bonds. The number of carbonyl (C=O) groups excluding carboxylic acids is 1. The van der Waals surface area contributed by atoms with Gasteiger partial charge in [-0.2, -0.15) is 0 Å². The molecule has 0 bridgehead atoms. The van der Waals surface area contributed by atoms with Crippen LogP contribution in [0.4, 0.5) is 10.1 Å². The first-order valence-corrected chi connectivity index (χ1v) is 11.0. The normalized spacial score (nSPS) is 18.0. The third kappa shape index (κ3) is 5.37. The van der Waals surface area contributed by atoms with Crippen LogP contribution in [0.2, 0.25) is 0 Å². The second-order valence-corrected chi connectivity index (χ2v) is 8.22. The van der Waals surface area contributed by atoms with E-state index in [-0.39, 0.29) is 11.7 Å². The molecule has 0 radical (unpaired) electrons. The number of piperazine rings is 1. The summed E-state index contributed by atoms with van der Waals surface area (Å²) in [7, 11) is 0. The van der Waals surface area contributed by atoms with Crippen LogP contribution in [-0.4, -0.2) is 68.1 Å². The van der Waals surface area contributed by atoms with Gasteiger partial charge in [-0.25, -0.2) is 4.39 Å². The van der Waals surface area contributed by atoms with E-state index in [9.17, 15) is 9.18 Å². The van der Waals surface area contributed by atoms with Crippen LogP contribution in [0.15, 0.2) is 48.5 Å². The molecule has 1 N–H and O–H groups in total. The first-order valence-electron chi connectivity index (χ1n) is 11.0. The lowest BCUT2D eigenvalue weighted by Gasteiger charge is -2.36. The number of halogens is 1. The Morgan fingerprint density at radius 3 is 2.43 bits per heavy atom. The van der Waals surface area contributed by atoms with Gasteiger partial charge in [0.1, 0.15) is 5.82 Å². The molecule has 5 nitrogen and oxygen atoms in total. The van der Waals surface area contributed by atoms with Crippen LogP contribution in [0.1, 0.15) is 28.8 Å². The fourth-order valence-corrected chi connectivity index (χ4v) is 4.36. The fourth-order valence-electron chi connectivity index (χ4n) is 4.36. The lowest BCUT2D eigenvalue weighted by molar-refractivity contribution is 0.0949. The van der Waals surface area contributed by atoms with Crippen LogP contribution >= 0.6 is 0 Å². The topological polar surface area (TPSA) is 38.8 Å². The summed E-state index contributed by atoms with van der Waals surface area (Å²) in [4.78, 5) is 19.4.